The molecular formula is C16H17F3N2O3. The van der Waals surface area contributed by atoms with Crippen LogP contribution in [0.2, 0.25) is 0 Å². The van der Waals surface area contributed by atoms with Crippen LogP contribution >= 0.6 is 0 Å². The molecule has 0 radical (unpaired) electrons. The van der Waals surface area contributed by atoms with Crippen molar-refractivity contribution in [2.75, 3.05) is 19.7 Å². The molecule has 0 bridgehead atoms. The molecule has 1 aromatic carbocycles. The zero-order valence-electron chi connectivity index (χ0n) is 12.8. The van der Waals surface area contributed by atoms with Crippen LogP contribution in [0.1, 0.15) is 30.1 Å². The van der Waals surface area contributed by atoms with E-state index in [1.807, 2.05) is 0 Å². The van der Waals surface area contributed by atoms with E-state index in [0.717, 1.165) is 6.07 Å². The Labute approximate surface area is 136 Å². The molecule has 8 heteroatoms. The van der Waals surface area contributed by atoms with Gasteiger partial charge in [0.1, 0.15) is 12.1 Å². The molecule has 2 amide bonds. The second kappa shape index (κ2) is 6.43. The Balaban J connectivity index is 1.77. The quantitative estimate of drug-likeness (QED) is 0.893. The van der Waals surface area contributed by atoms with Gasteiger partial charge in [0.25, 0.3) is 0 Å². The number of benzene rings is 1. The number of amides is 2. The van der Waals surface area contributed by atoms with Crippen molar-refractivity contribution < 1.29 is 27.5 Å². The third kappa shape index (κ3) is 3.38. The lowest BCUT2D eigenvalue weighted by atomic mass is 10.00. The Bertz CT molecular complexity index is 648. The second-order valence-electron chi connectivity index (χ2n) is 5.89. The summed E-state index contributed by atoms with van der Waals surface area (Å²) in [5, 5.41) is 2.59. The SMILES string of the molecule is O=C1CC[C@H](C(=O)N2CCOC(c3ccccc3C(F)(F)F)C2)N1. The third-order valence-electron chi connectivity index (χ3n) is 4.28. The van der Waals surface area contributed by atoms with Crippen molar-refractivity contribution in [3.8, 4) is 0 Å². The molecule has 1 aromatic rings. The van der Waals surface area contributed by atoms with E-state index in [1.54, 1.807) is 0 Å². The monoisotopic (exact) mass is 342 g/mol. The Morgan fingerprint density at radius 2 is 2.04 bits per heavy atom. The first kappa shape index (κ1) is 16.8. The normalized spacial score (nSPS) is 24.8. The number of carbonyl (C=O) groups is 2. The van der Waals surface area contributed by atoms with E-state index in [2.05, 4.69) is 5.32 Å². The Morgan fingerprint density at radius 1 is 1.29 bits per heavy atom. The zero-order chi connectivity index (χ0) is 17.3. The molecule has 1 N–H and O–H groups in total. The zero-order valence-corrected chi connectivity index (χ0v) is 12.8. The van der Waals surface area contributed by atoms with Gasteiger partial charge in [-0.2, -0.15) is 13.2 Å². The number of rotatable bonds is 2. The van der Waals surface area contributed by atoms with Crippen molar-refractivity contribution in [3.05, 3.63) is 35.4 Å². The number of halogens is 3. The number of ether oxygens (including phenoxy) is 1. The van der Waals surface area contributed by atoms with Gasteiger partial charge in [-0.3, -0.25) is 9.59 Å². The highest BCUT2D eigenvalue weighted by Crippen LogP contribution is 2.36. The predicted octanol–water partition coefficient (Wildman–Crippen LogP) is 1.88. The molecule has 2 heterocycles. The minimum Gasteiger partial charge on any atom is -0.370 e. The van der Waals surface area contributed by atoms with Gasteiger partial charge in [0.2, 0.25) is 11.8 Å². The van der Waals surface area contributed by atoms with Gasteiger partial charge in [-0.1, -0.05) is 18.2 Å². The summed E-state index contributed by atoms with van der Waals surface area (Å²) in [7, 11) is 0. The first-order valence-electron chi connectivity index (χ1n) is 7.72. The second-order valence-corrected chi connectivity index (χ2v) is 5.89. The van der Waals surface area contributed by atoms with Crippen molar-refractivity contribution >= 4 is 11.8 Å². The lowest BCUT2D eigenvalue weighted by molar-refractivity contribution is -0.145. The van der Waals surface area contributed by atoms with Crippen LogP contribution in [0.5, 0.6) is 0 Å². The van der Waals surface area contributed by atoms with Gasteiger partial charge in [0, 0.05) is 13.0 Å². The standard InChI is InChI=1S/C16H17F3N2O3/c17-16(18,19)11-4-2-1-3-10(11)13-9-21(7-8-24-13)15(23)12-5-6-14(22)20-12/h1-4,12-13H,5-9H2,(H,20,22)/t12-,13?/m1/s1. The highest BCUT2D eigenvalue weighted by molar-refractivity contribution is 5.90. The summed E-state index contributed by atoms with van der Waals surface area (Å²) in [6.45, 7) is 0.497. The van der Waals surface area contributed by atoms with Crippen molar-refractivity contribution in [2.45, 2.75) is 31.2 Å². The molecule has 2 aliphatic heterocycles. The highest BCUT2D eigenvalue weighted by atomic mass is 19.4. The Hall–Kier alpha value is -2.09. The summed E-state index contributed by atoms with van der Waals surface area (Å²) in [6, 6.07) is 4.64. The van der Waals surface area contributed by atoms with Crippen LogP contribution in [0.4, 0.5) is 13.2 Å². The van der Waals surface area contributed by atoms with Crippen molar-refractivity contribution in [3.63, 3.8) is 0 Å². The summed E-state index contributed by atoms with van der Waals surface area (Å²) in [4.78, 5) is 25.2. The molecule has 24 heavy (non-hydrogen) atoms. The molecule has 0 aromatic heterocycles. The maximum atomic E-state index is 13.2. The lowest BCUT2D eigenvalue weighted by Crippen LogP contribution is -2.49. The fourth-order valence-electron chi connectivity index (χ4n) is 3.09. The predicted molar refractivity (Wildman–Crippen MR) is 77.9 cm³/mol. The van der Waals surface area contributed by atoms with Gasteiger partial charge in [0.15, 0.2) is 0 Å². The van der Waals surface area contributed by atoms with Gasteiger partial charge < -0.3 is 15.0 Å². The molecule has 2 aliphatic rings. The Morgan fingerprint density at radius 3 is 2.71 bits per heavy atom. The smallest absolute Gasteiger partial charge is 0.370 e. The molecule has 2 atom stereocenters. The van der Waals surface area contributed by atoms with Crippen LogP contribution in [0.15, 0.2) is 24.3 Å². The average molecular weight is 342 g/mol. The summed E-state index contributed by atoms with van der Waals surface area (Å²) in [5.74, 6) is -0.445. The van der Waals surface area contributed by atoms with E-state index in [4.69, 9.17) is 4.74 Å². The van der Waals surface area contributed by atoms with Gasteiger partial charge >= 0.3 is 6.18 Å². The van der Waals surface area contributed by atoms with E-state index in [1.165, 1.54) is 23.1 Å². The lowest BCUT2D eigenvalue weighted by Gasteiger charge is -2.35. The van der Waals surface area contributed by atoms with Crippen LogP contribution in [-0.2, 0) is 20.5 Å². The average Bonchev–Trinajstić information content (AvgIpc) is 3.00. The van der Waals surface area contributed by atoms with Gasteiger partial charge in [-0.15, -0.1) is 0 Å². The van der Waals surface area contributed by atoms with E-state index < -0.39 is 23.9 Å². The van der Waals surface area contributed by atoms with Crippen LogP contribution in [0, 0.1) is 0 Å². The summed E-state index contributed by atoms with van der Waals surface area (Å²) < 4.78 is 45.0. The van der Waals surface area contributed by atoms with Gasteiger partial charge in [0.05, 0.1) is 18.7 Å². The Kier molecular flexibility index (Phi) is 4.49. The first-order valence-corrected chi connectivity index (χ1v) is 7.72. The van der Waals surface area contributed by atoms with E-state index in [9.17, 15) is 22.8 Å². The van der Waals surface area contributed by atoms with Crippen LogP contribution < -0.4 is 5.32 Å². The van der Waals surface area contributed by atoms with E-state index in [-0.39, 0.29) is 30.5 Å². The summed E-state index contributed by atoms with van der Waals surface area (Å²) in [5.41, 5.74) is -0.726. The third-order valence-corrected chi connectivity index (χ3v) is 4.28. The summed E-state index contributed by atoms with van der Waals surface area (Å²) >= 11 is 0. The van der Waals surface area contributed by atoms with E-state index in [0.29, 0.717) is 19.4 Å². The molecule has 5 nitrogen and oxygen atoms in total. The number of hydrogen-bond acceptors (Lipinski definition) is 3. The van der Waals surface area contributed by atoms with Crippen molar-refractivity contribution in [2.24, 2.45) is 0 Å². The molecule has 1 unspecified atom stereocenters. The number of morpholine rings is 1. The fraction of sp³-hybridized carbons (Fsp3) is 0.500. The number of carbonyl (C=O) groups excluding carboxylic acids is 2. The van der Waals surface area contributed by atoms with Gasteiger partial charge in [-0.25, -0.2) is 0 Å². The maximum absolute atomic E-state index is 13.2. The molecule has 2 fully saturated rings. The minimum absolute atomic E-state index is 0.0259. The molecule has 0 aliphatic carbocycles. The molecule has 130 valence electrons. The van der Waals surface area contributed by atoms with Crippen LogP contribution in [-0.4, -0.2) is 42.5 Å². The minimum atomic E-state index is -4.48. The number of alkyl halides is 3. The van der Waals surface area contributed by atoms with Gasteiger partial charge in [-0.05, 0) is 18.1 Å². The topological polar surface area (TPSA) is 58.6 Å². The molecule has 3 rings (SSSR count). The molecule has 0 spiro atoms. The van der Waals surface area contributed by atoms with Crippen LogP contribution in [0.25, 0.3) is 0 Å². The first-order chi connectivity index (χ1) is 11.4. The van der Waals surface area contributed by atoms with E-state index >= 15 is 0 Å². The number of nitrogens with zero attached hydrogens (tertiary/aromatic N) is 1. The molecule has 0 saturated carbocycles. The molecular weight excluding hydrogens is 325 g/mol. The maximum Gasteiger partial charge on any atom is 0.416 e. The fourth-order valence-corrected chi connectivity index (χ4v) is 3.09. The largest absolute Gasteiger partial charge is 0.416 e. The number of hydrogen-bond donors (Lipinski definition) is 1. The van der Waals surface area contributed by atoms with Crippen molar-refractivity contribution in [1.29, 1.82) is 0 Å². The van der Waals surface area contributed by atoms with Crippen LogP contribution in [0.3, 0.4) is 0 Å². The molecule has 2 saturated heterocycles. The number of nitrogens with one attached hydrogen (secondary N) is 1. The highest BCUT2D eigenvalue weighted by Gasteiger charge is 2.38. The summed E-state index contributed by atoms with van der Waals surface area (Å²) in [6.07, 6.45) is -4.61. The van der Waals surface area contributed by atoms with Crippen molar-refractivity contribution in [1.82, 2.24) is 10.2 Å².